The summed E-state index contributed by atoms with van der Waals surface area (Å²) in [4.78, 5) is 20.0. The van der Waals surface area contributed by atoms with Crippen LogP contribution in [0.3, 0.4) is 0 Å². The fraction of sp³-hybridized carbons (Fsp3) is 0.250. The molecule has 0 aliphatic heterocycles. The molecule has 0 aromatic carbocycles. The van der Waals surface area contributed by atoms with Crippen LogP contribution in [0.25, 0.3) is 0 Å². The fourth-order valence-corrected chi connectivity index (χ4v) is 0.557. The molecule has 3 nitrogen and oxygen atoms in total. The van der Waals surface area contributed by atoms with E-state index in [0.29, 0.717) is 18.3 Å². The molecule has 0 rings (SSSR count). The number of carbonyl (C=O) groups is 2. The SMILES string of the molecule is CCC(/C=C\C(=O)O)=C/C=O. The zero-order valence-electron chi connectivity index (χ0n) is 6.28. The highest BCUT2D eigenvalue weighted by molar-refractivity contribution is 5.80. The maximum Gasteiger partial charge on any atom is 0.328 e. The molecule has 0 saturated carbocycles. The summed E-state index contributed by atoms with van der Waals surface area (Å²) in [7, 11) is 0. The number of allylic oxidation sites excluding steroid dienone is 3. The molecule has 0 unspecified atom stereocenters. The van der Waals surface area contributed by atoms with Gasteiger partial charge in [0.05, 0.1) is 0 Å². The minimum absolute atomic E-state index is 0.644. The quantitative estimate of drug-likeness (QED) is 0.375. The van der Waals surface area contributed by atoms with Crippen molar-refractivity contribution in [3.8, 4) is 0 Å². The summed E-state index contributed by atoms with van der Waals surface area (Å²) in [6.07, 6.45) is 5.07. The lowest BCUT2D eigenvalue weighted by molar-refractivity contribution is -0.131. The van der Waals surface area contributed by atoms with Crippen LogP contribution in [0, 0.1) is 0 Å². The van der Waals surface area contributed by atoms with Gasteiger partial charge in [0, 0.05) is 6.08 Å². The molecule has 0 heterocycles. The van der Waals surface area contributed by atoms with E-state index in [1.54, 1.807) is 0 Å². The molecule has 0 aromatic heterocycles. The zero-order chi connectivity index (χ0) is 8.69. The van der Waals surface area contributed by atoms with Crippen molar-refractivity contribution < 1.29 is 14.7 Å². The van der Waals surface area contributed by atoms with Crippen LogP contribution in [-0.2, 0) is 9.59 Å². The van der Waals surface area contributed by atoms with E-state index < -0.39 is 5.97 Å². The van der Waals surface area contributed by atoms with Crippen molar-refractivity contribution in [1.82, 2.24) is 0 Å². The molecule has 0 saturated heterocycles. The van der Waals surface area contributed by atoms with Crippen LogP contribution in [0.4, 0.5) is 0 Å². The highest BCUT2D eigenvalue weighted by atomic mass is 16.4. The Hall–Kier alpha value is -1.38. The molecule has 60 valence electrons. The van der Waals surface area contributed by atoms with Crippen molar-refractivity contribution in [3.63, 3.8) is 0 Å². The molecule has 0 atom stereocenters. The topological polar surface area (TPSA) is 54.4 Å². The first-order chi connectivity index (χ1) is 5.20. The summed E-state index contributed by atoms with van der Waals surface area (Å²) >= 11 is 0. The molecule has 0 aliphatic rings. The molecule has 0 spiro atoms. The number of hydrogen-bond donors (Lipinski definition) is 1. The largest absolute Gasteiger partial charge is 0.478 e. The van der Waals surface area contributed by atoms with Gasteiger partial charge in [-0.3, -0.25) is 4.79 Å². The average Bonchev–Trinajstić information content (AvgIpc) is 1.97. The van der Waals surface area contributed by atoms with Crippen molar-refractivity contribution >= 4 is 12.3 Å². The van der Waals surface area contributed by atoms with E-state index in [-0.39, 0.29) is 0 Å². The lowest BCUT2D eigenvalue weighted by Gasteiger charge is -1.90. The third-order valence-electron chi connectivity index (χ3n) is 1.13. The molecular weight excluding hydrogens is 144 g/mol. The molecule has 0 amide bonds. The number of carboxylic acid groups (broad SMARTS) is 1. The van der Waals surface area contributed by atoms with E-state index in [2.05, 4.69) is 0 Å². The van der Waals surface area contributed by atoms with Gasteiger partial charge in [-0.05, 0) is 18.1 Å². The first kappa shape index (κ1) is 9.62. The van der Waals surface area contributed by atoms with Crippen molar-refractivity contribution in [2.75, 3.05) is 0 Å². The number of aldehydes is 1. The monoisotopic (exact) mass is 154 g/mol. The predicted octanol–water partition coefficient (Wildman–Crippen LogP) is 1.16. The summed E-state index contributed by atoms with van der Waals surface area (Å²) in [5.74, 6) is -1.00. The highest BCUT2D eigenvalue weighted by Crippen LogP contribution is 2.00. The Balaban J connectivity index is 4.18. The highest BCUT2D eigenvalue weighted by Gasteiger charge is 1.88. The third kappa shape index (κ3) is 5.08. The van der Waals surface area contributed by atoms with Gasteiger partial charge in [0.25, 0.3) is 0 Å². The van der Waals surface area contributed by atoms with Crippen LogP contribution in [0.2, 0.25) is 0 Å². The third-order valence-corrected chi connectivity index (χ3v) is 1.13. The summed E-state index contributed by atoms with van der Waals surface area (Å²) in [5.41, 5.74) is 0.711. The van der Waals surface area contributed by atoms with Gasteiger partial charge in [0.1, 0.15) is 6.29 Å². The zero-order valence-corrected chi connectivity index (χ0v) is 6.28. The normalized spacial score (nSPS) is 11.9. The van der Waals surface area contributed by atoms with Crippen LogP contribution >= 0.6 is 0 Å². The van der Waals surface area contributed by atoms with Crippen molar-refractivity contribution in [3.05, 3.63) is 23.8 Å². The van der Waals surface area contributed by atoms with Crippen molar-refractivity contribution in [2.45, 2.75) is 13.3 Å². The van der Waals surface area contributed by atoms with Crippen LogP contribution < -0.4 is 0 Å². The Labute approximate surface area is 65.0 Å². The molecule has 0 bridgehead atoms. The molecule has 0 aliphatic carbocycles. The number of rotatable bonds is 4. The summed E-state index contributed by atoms with van der Waals surface area (Å²) in [5, 5.41) is 8.22. The second-order valence-corrected chi connectivity index (χ2v) is 1.90. The summed E-state index contributed by atoms with van der Waals surface area (Å²) < 4.78 is 0. The van der Waals surface area contributed by atoms with Gasteiger partial charge in [-0.15, -0.1) is 0 Å². The van der Waals surface area contributed by atoms with Gasteiger partial charge in [0.2, 0.25) is 0 Å². The van der Waals surface area contributed by atoms with Gasteiger partial charge in [-0.25, -0.2) is 4.79 Å². The van der Waals surface area contributed by atoms with E-state index in [1.165, 1.54) is 12.2 Å². The second-order valence-electron chi connectivity index (χ2n) is 1.90. The van der Waals surface area contributed by atoms with Gasteiger partial charge in [-0.2, -0.15) is 0 Å². The Morgan fingerprint density at radius 1 is 1.45 bits per heavy atom. The molecule has 3 heteroatoms. The van der Waals surface area contributed by atoms with Crippen LogP contribution in [0.1, 0.15) is 13.3 Å². The smallest absolute Gasteiger partial charge is 0.328 e. The van der Waals surface area contributed by atoms with Crippen LogP contribution in [0.15, 0.2) is 23.8 Å². The van der Waals surface area contributed by atoms with E-state index in [4.69, 9.17) is 5.11 Å². The molecule has 11 heavy (non-hydrogen) atoms. The summed E-state index contributed by atoms with van der Waals surface area (Å²) in [6.45, 7) is 1.85. The lowest BCUT2D eigenvalue weighted by atomic mass is 10.2. The molecule has 0 radical (unpaired) electrons. The second kappa shape index (κ2) is 5.41. The Kier molecular flexibility index (Phi) is 4.73. The Morgan fingerprint density at radius 3 is 2.45 bits per heavy atom. The predicted molar refractivity (Wildman–Crippen MR) is 41.2 cm³/mol. The van der Waals surface area contributed by atoms with Crippen molar-refractivity contribution in [2.24, 2.45) is 0 Å². The maximum atomic E-state index is 10.0. The Morgan fingerprint density at radius 2 is 2.09 bits per heavy atom. The number of carboxylic acids is 1. The minimum atomic E-state index is -1.00. The van der Waals surface area contributed by atoms with E-state index in [0.717, 1.165) is 6.08 Å². The molecular formula is C8H10O3. The Bertz CT molecular complexity index is 201. The molecule has 1 N–H and O–H groups in total. The summed E-state index contributed by atoms with van der Waals surface area (Å²) in [6, 6.07) is 0. The van der Waals surface area contributed by atoms with Crippen LogP contribution in [0.5, 0.6) is 0 Å². The lowest BCUT2D eigenvalue weighted by Crippen LogP contribution is -1.87. The average molecular weight is 154 g/mol. The number of carbonyl (C=O) groups excluding carboxylic acids is 1. The van der Waals surface area contributed by atoms with Gasteiger partial charge < -0.3 is 5.11 Å². The van der Waals surface area contributed by atoms with Gasteiger partial charge >= 0.3 is 5.97 Å². The standard InChI is InChI=1S/C8H10O3/c1-2-7(5-6-9)3-4-8(10)11/h3-6H,2H2,1H3,(H,10,11)/b4-3-,7-5-. The van der Waals surface area contributed by atoms with Crippen molar-refractivity contribution in [1.29, 1.82) is 0 Å². The van der Waals surface area contributed by atoms with E-state index in [1.807, 2.05) is 6.92 Å². The van der Waals surface area contributed by atoms with E-state index >= 15 is 0 Å². The molecule has 0 fully saturated rings. The number of aliphatic carboxylic acids is 1. The maximum absolute atomic E-state index is 10.0. The van der Waals surface area contributed by atoms with Gasteiger partial charge in [0.15, 0.2) is 0 Å². The minimum Gasteiger partial charge on any atom is -0.478 e. The number of hydrogen-bond acceptors (Lipinski definition) is 2. The van der Waals surface area contributed by atoms with E-state index in [9.17, 15) is 9.59 Å². The van der Waals surface area contributed by atoms with Gasteiger partial charge in [-0.1, -0.05) is 13.0 Å². The first-order valence-electron chi connectivity index (χ1n) is 3.26. The fourth-order valence-electron chi connectivity index (χ4n) is 0.557. The van der Waals surface area contributed by atoms with Crippen LogP contribution in [-0.4, -0.2) is 17.4 Å². The molecule has 0 aromatic rings. The first-order valence-corrected chi connectivity index (χ1v) is 3.26.